The Morgan fingerprint density at radius 3 is 2.70 bits per heavy atom. The molecule has 0 aromatic carbocycles. The number of allylic oxidation sites excluding steroid dienone is 2. The molecule has 112 valence electrons. The third-order valence-electron chi connectivity index (χ3n) is 7.96. The van der Waals surface area contributed by atoms with Gasteiger partial charge in [-0.1, -0.05) is 26.0 Å². The SMILES string of the molecule is C[C@]12CC[C@@H](O)C[C@@H]1CC[C@@H]1[C@H]2CC[C@]2(C)C=CC[C@H]12. The molecule has 3 fully saturated rings. The van der Waals surface area contributed by atoms with Gasteiger partial charge in [0.2, 0.25) is 0 Å². The highest BCUT2D eigenvalue weighted by atomic mass is 16.3. The molecular weight excluding hydrogens is 244 g/mol. The van der Waals surface area contributed by atoms with Crippen molar-refractivity contribution in [1.29, 1.82) is 0 Å². The summed E-state index contributed by atoms with van der Waals surface area (Å²) < 4.78 is 0. The summed E-state index contributed by atoms with van der Waals surface area (Å²) in [5.41, 5.74) is 1.05. The lowest BCUT2D eigenvalue weighted by Gasteiger charge is -2.60. The molecule has 0 saturated heterocycles. The number of aliphatic hydroxyl groups is 1. The third kappa shape index (κ3) is 1.71. The molecular formula is C19H30O. The summed E-state index contributed by atoms with van der Waals surface area (Å²) in [6.07, 6.45) is 15.4. The molecule has 0 amide bonds. The monoisotopic (exact) mass is 274 g/mol. The van der Waals surface area contributed by atoms with Crippen LogP contribution >= 0.6 is 0 Å². The van der Waals surface area contributed by atoms with Crippen LogP contribution in [0.5, 0.6) is 0 Å². The van der Waals surface area contributed by atoms with Crippen LogP contribution in [-0.4, -0.2) is 11.2 Å². The Labute approximate surface area is 123 Å². The molecule has 1 heteroatoms. The molecule has 4 rings (SSSR count). The molecule has 7 atom stereocenters. The Hall–Kier alpha value is -0.300. The Morgan fingerprint density at radius 2 is 1.85 bits per heavy atom. The van der Waals surface area contributed by atoms with Crippen molar-refractivity contribution in [3.05, 3.63) is 12.2 Å². The highest BCUT2D eigenvalue weighted by Crippen LogP contribution is 2.64. The molecule has 20 heavy (non-hydrogen) atoms. The van der Waals surface area contributed by atoms with Crippen LogP contribution in [0.1, 0.15) is 65.2 Å². The van der Waals surface area contributed by atoms with E-state index in [4.69, 9.17) is 0 Å². The fourth-order valence-corrected chi connectivity index (χ4v) is 6.72. The van der Waals surface area contributed by atoms with Gasteiger partial charge in [-0.3, -0.25) is 0 Å². The van der Waals surface area contributed by atoms with E-state index < -0.39 is 0 Å². The minimum absolute atomic E-state index is 0.00775. The summed E-state index contributed by atoms with van der Waals surface area (Å²) >= 11 is 0. The van der Waals surface area contributed by atoms with Crippen molar-refractivity contribution < 1.29 is 5.11 Å². The second-order valence-corrected chi connectivity index (χ2v) is 8.77. The van der Waals surface area contributed by atoms with Crippen LogP contribution in [-0.2, 0) is 0 Å². The van der Waals surface area contributed by atoms with Crippen LogP contribution in [0, 0.1) is 34.5 Å². The Kier molecular flexibility index (Phi) is 2.91. The van der Waals surface area contributed by atoms with Crippen molar-refractivity contribution in [3.63, 3.8) is 0 Å². The van der Waals surface area contributed by atoms with Gasteiger partial charge in [0.15, 0.2) is 0 Å². The molecule has 0 bridgehead atoms. The van der Waals surface area contributed by atoms with Crippen LogP contribution in [0.2, 0.25) is 0 Å². The largest absolute Gasteiger partial charge is 0.393 e. The van der Waals surface area contributed by atoms with E-state index in [1.807, 2.05) is 0 Å². The van der Waals surface area contributed by atoms with E-state index in [2.05, 4.69) is 26.0 Å². The molecule has 0 unspecified atom stereocenters. The van der Waals surface area contributed by atoms with Crippen molar-refractivity contribution in [2.75, 3.05) is 0 Å². The average Bonchev–Trinajstić information content (AvgIpc) is 2.81. The molecule has 0 aromatic rings. The highest BCUT2D eigenvalue weighted by Gasteiger charge is 2.56. The van der Waals surface area contributed by atoms with E-state index in [0.29, 0.717) is 10.8 Å². The molecule has 0 aliphatic heterocycles. The predicted octanol–water partition coefficient (Wildman–Crippen LogP) is 4.56. The van der Waals surface area contributed by atoms with Crippen LogP contribution in [0.25, 0.3) is 0 Å². The van der Waals surface area contributed by atoms with Crippen LogP contribution in [0.4, 0.5) is 0 Å². The first kappa shape index (κ1) is 13.4. The minimum atomic E-state index is -0.00775. The molecule has 4 aliphatic rings. The summed E-state index contributed by atoms with van der Waals surface area (Å²) in [5, 5.41) is 10.0. The Morgan fingerprint density at radius 1 is 1.00 bits per heavy atom. The van der Waals surface area contributed by atoms with Crippen molar-refractivity contribution in [1.82, 2.24) is 0 Å². The minimum Gasteiger partial charge on any atom is -0.393 e. The second-order valence-electron chi connectivity index (χ2n) is 8.77. The number of hydrogen-bond acceptors (Lipinski definition) is 1. The quantitative estimate of drug-likeness (QED) is 0.642. The van der Waals surface area contributed by atoms with Gasteiger partial charge in [0.1, 0.15) is 0 Å². The van der Waals surface area contributed by atoms with Gasteiger partial charge in [-0.15, -0.1) is 0 Å². The van der Waals surface area contributed by atoms with Gasteiger partial charge in [0.25, 0.3) is 0 Å². The maximum Gasteiger partial charge on any atom is 0.0543 e. The fraction of sp³-hybridized carbons (Fsp3) is 0.895. The van der Waals surface area contributed by atoms with Crippen molar-refractivity contribution in [2.24, 2.45) is 34.5 Å². The van der Waals surface area contributed by atoms with E-state index in [0.717, 1.165) is 36.5 Å². The number of fused-ring (bicyclic) bond motifs is 5. The van der Waals surface area contributed by atoms with E-state index in [9.17, 15) is 5.11 Å². The van der Waals surface area contributed by atoms with Crippen molar-refractivity contribution in [3.8, 4) is 0 Å². The van der Waals surface area contributed by atoms with E-state index in [-0.39, 0.29) is 6.10 Å². The molecule has 4 aliphatic carbocycles. The zero-order chi connectivity index (χ0) is 14.0. The van der Waals surface area contributed by atoms with Crippen LogP contribution in [0.3, 0.4) is 0 Å². The summed E-state index contributed by atoms with van der Waals surface area (Å²) in [5.74, 6) is 3.61. The molecule has 3 saturated carbocycles. The van der Waals surface area contributed by atoms with Crippen molar-refractivity contribution in [2.45, 2.75) is 71.3 Å². The first-order valence-corrected chi connectivity index (χ1v) is 8.89. The van der Waals surface area contributed by atoms with Gasteiger partial charge in [-0.2, -0.15) is 0 Å². The summed E-state index contributed by atoms with van der Waals surface area (Å²) in [6, 6.07) is 0. The summed E-state index contributed by atoms with van der Waals surface area (Å²) in [7, 11) is 0. The predicted molar refractivity (Wildman–Crippen MR) is 82.3 cm³/mol. The van der Waals surface area contributed by atoms with Gasteiger partial charge in [-0.05, 0) is 85.9 Å². The van der Waals surface area contributed by atoms with E-state index >= 15 is 0 Å². The lowest BCUT2D eigenvalue weighted by Crippen LogP contribution is -2.53. The average molecular weight is 274 g/mol. The standard InChI is InChI=1S/C19H30O/c1-18-9-3-4-16(18)15-6-5-13-12-14(20)7-11-19(13,2)17(15)8-10-18/h3,9,13-17,20H,4-8,10-12H2,1-2H3/t13-,14+,15-,16+,17+,18-,19-/m0/s1. The highest BCUT2D eigenvalue weighted by molar-refractivity contribution is 5.16. The van der Waals surface area contributed by atoms with E-state index in [1.54, 1.807) is 0 Å². The lowest BCUT2D eigenvalue weighted by atomic mass is 9.45. The zero-order valence-electron chi connectivity index (χ0n) is 13.1. The molecule has 1 nitrogen and oxygen atoms in total. The molecule has 0 heterocycles. The van der Waals surface area contributed by atoms with Gasteiger partial charge >= 0.3 is 0 Å². The Balaban J connectivity index is 1.63. The Bertz CT molecular complexity index is 427. The third-order valence-corrected chi connectivity index (χ3v) is 7.96. The first-order chi connectivity index (χ1) is 9.53. The van der Waals surface area contributed by atoms with Crippen LogP contribution in [0.15, 0.2) is 12.2 Å². The van der Waals surface area contributed by atoms with Gasteiger partial charge in [0, 0.05) is 0 Å². The normalized spacial score (nSPS) is 57.9. The van der Waals surface area contributed by atoms with Gasteiger partial charge in [-0.25, -0.2) is 0 Å². The number of rotatable bonds is 0. The second kappa shape index (κ2) is 4.35. The maximum atomic E-state index is 10.0. The molecule has 0 radical (unpaired) electrons. The summed E-state index contributed by atoms with van der Waals surface area (Å²) in [6.45, 7) is 5.09. The van der Waals surface area contributed by atoms with E-state index in [1.165, 1.54) is 38.5 Å². The smallest absolute Gasteiger partial charge is 0.0543 e. The molecule has 0 spiro atoms. The molecule has 1 N–H and O–H groups in total. The van der Waals surface area contributed by atoms with Gasteiger partial charge < -0.3 is 5.11 Å². The first-order valence-electron chi connectivity index (χ1n) is 8.89. The van der Waals surface area contributed by atoms with Gasteiger partial charge in [0.05, 0.1) is 6.10 Å². The number of aliphatic hydroxyl groups excluding tert-OH is 1. The van der Waals surface area contributed by atoms with Crippen molar-refractivity contribution >= 4 is 0 Å². The maximum absolute atomic E-state index is 10.0. The zero-order valence-corrected chi connectivity index (χ0v) is 13.1. The fourth-order valence-electron chi connectivity index (χ4n) is 6.72. The molecule has 0 aromatic heterocycles. The number of hydrogen-bond donors (Lipinski definition) is 1. The summed E-state index contributed by atoms with van der Waals surface area (Å²) in [4.78, 5) is 0. The topological polar surface area (TPSA) is 20.2 Å². The lowest BCUT2D eigenvalue weighted by molar-refractivity contribution is -0.116. The van der Waals surface area contributed by atoms with Crippen LogP contribution < -0.4 is 0 Å².